The molecule has 0 fully saturated rings. The normalized spacial score (nSPS) is 10.5. The maximum Gasteiger partial charge on any atom is 0.255 e. The molecule has 1 aromatic heterocycles. The van der Waals surface area contributed by atoms with E-state index in [-0.39, 0.29) is 11.7 Å². The molecule has 0 spiro atoms. The molecule has 0 aliphatic heterocycles. The van der Waals surface area contributed by atoms with Crippen LogP contribution in [0.15, 0.2) is 66.9 Å². The van der Waals surface area contributed by atoms with Gasteiger partial charge in [0.25, 0.3) is 5.91 Å². The quantitative estimate of drug-likeness (QED) is 0.498. The van der Waals surface area contributed by atoms with Gasteiger partial charge in [-0.3, -0.25) is 4.79 Å². The Morgan fingerprint density at radius 3 is 2.59 bits per heavy atom. The van der Waals surface area contributed by atoms with Crippen molar-refractivity contribution in [2.24, 2.45) is 0 Å². The number of nitrogens with two attached hydrogens (primary N) is 1. The second-order valence-corrected chi connectivity index (χ2v) is 6.93. The lowest BCUT2D eigenvalue weighted by atomic mass is 10.1. The summed E-state index contributed by atoms with van der Waals surface area (Å²) in [6.07, 6.45) is 6.17. The Hall–Kier alpha value is -3.34. The molecule has 1 amide bonds. The number of amides is 1. The molecule has 0 atom stereocenters. The smallest absolute Gasteiger partial charge is 0.255 e. The first-order valence-electron chi connectivity index (χ1n) is 10.0. The Bertz CT molecular complexity index is 939. The van der Waals surface area contributed by atoms with Crippen LogP contribution in [0.5, 0.6) is 11.5 Å². The van der Waals surface area contributed by atoms with Gasteiger partial charge in [0.2, 0.25) is 0 Å². The molecule has 0 unspecified atom stereocenters. The van der Waals surface area contributed by atoms with Crippen molar-refractivity contribution >= 4 is 11.7 Å². The van der Waals surface area contributed by atoms with Crippen LogP contribution in [0, 0.1) is 0 Å². The first kappa shape index (κ1) is 20.4. The summed E-state index contributed by atoms with van der Waals surface area (Å²) >= 11 is 0. The van der Waals surface area contributed by atoms with Gasteiger partial charge in [-0.15, -0.1) is 0 Å². The molecule has 0 aliphatic rings. The van der Waals surface area contributed by atoms with Crippen LogP contribution in [0.2, 0.25) is 0 Å². The van der Waals surface area contributed by atoms with Crippen LogP contribution in [0.3, 0.4) is 0 Å². The Labute approximate surface area is 171 Å². The first-order valence-corrected chi connectivity index (χ1v) is 10.0. The number of unbranched alkanes of at least 4 members (excludes halogenated alkanes) is 2. The number of nitrogens with zero attached hydrogens (tertiary/aromatic N) is 1. The maximum atomic E-state index is 12.2. The van der Waals surface area contributed by atoms with Crippen molar-refractivity contribution in [1.29, 1.82) is 0 Å². The highest BCUT2D eigenvalue weighted by Gasteiger charge is 2.09. The molecule has 2 aromatic carbocycles. The number of aromatic nitrogens is 1. The molecule has 0 saturated carbocycles. The summed E-state index contributed by atoms with van der Waals surface area (Å²) in [6.45, 7) is 2.61. The van der Waals surface area contributed by atoms with E-state index in [0.29, 0.717) is 12.1 Å². The molecular weight excluding hydrogens is 362 g/mol. The number of nitrogens with one attached hydrogen (secondary N) is 1. The number of para-hydroxylation sites is 1. The van der Waals surface area contributed by atoms with E-state index in [1.54, 1.807) is 18.3 Å². The van der Waals surface area contributed by atoms with E-state index in [1.807, 2.05) is 36.4 Å². The molecule has 0 radical (unpaired) electrons. The topological polar surface area (TPSA) is 77.2 Å². The number of hydrogen-bond donors (Lipinski definition) is 2. The number of carbonyl (C=O) groups is 1. The van der Waals surface area contributed by atoms with Crippen molar-refractivity contribution in [3.05, 3.63) is 83.6 Å². The third kappa shape index (κ3) is 5.82. The first-order chi connectivity index (χ1) is 14.2. The molecular formula is C24H27N3O2. The standard InChI is InChI=1S/C24H27N3O2/c1-2-3-4-8-19-9-5-6-11-22(19)29-20-14-12-18(13-15-20)17-27-24(28)21-10-7-16-26-23(21)25/h5-7,9-16H,2-4,8,17H2,1H3,(H2,25,26)(H,27,28). The van der Waals surface area contributed by atoms with E-state index in [9.17, 15) is 4.79 Å². The zero-order valence-electron chi connectivity index (χ0n) is 16.7. The highest BCUT2D eigenvalue weighted by atomic mass is 16.5. The fourth-order valence-electron chi connectivity index (χ4n) is 3.06. The average molecular weight is 389 g/mol. The Morgan fingerprint density at radius 2 is 1.83 bits per heavy atom. The van der Waals surface area contributed by atoms with Crippen LogP contribution >= 0.6 is 0 Å². The summed E-state index contributed by atoms with van der Waals surface area (Å²) in [5.74, 6) is 1.67. The van der Waals surface area contributed by atoms with Gasteiger partial charge in [0.1, 0.15) is 17.3 Å². The number of carbonyl (C=O) groups excluding carboxylic acids is 1. The van der Waals surface area contributed by atoms with Gasteiger partial charge in [0, 0.05) is 12.7 Å². The third-order valence-electron chi connectivity index (χ3n) is 4.71. The lowest BCUT2D eigenvalue weighted by molar-refractivity contribution is 0.0951. The number of aryl methyl sites for hydroxylation is 1. The summed E-state index contributed by atoms with van der Waals surface area (Å²) < 4.78 is 6.09. The number of ether oxygens (including phenoxy) is 1. The second kappa shape index (κ2) is 10.3. The van der Waals surface area contributed by atoms with E-state index in [2.05, 4.69) is 29.4 Å². The second-order valence-electron chi connectivity index (χ2n) is 6.93. The molecule has 3 N–H and O–H groups in total. The zero-order chi connectivity index (χ0) is 20.5. The third-order valence-corrected chi connectivity index (χ3v) is 4.71. The van der Waals surface area contributed by atoms with Crippen LogP contribution in [0.4, 0.5) is 5.82 Å². The molecule has 3 rings (SSSR count). The molecule has 3 aromatic rings. The molecule has 5 nitrogen and oxygen atoms in total. The molecule has 0 saturated heterocycles. The maximum absolute atomic E-state index is 12.2. The predicted octanol–water partition coefficient (Wildman–Crippen LogP) is 5.12. The van der Waals surface area contributed by atoms with Crippen LogP contribution in [-0.2, 0) is 13.0 Å². The molecule has 1 heterocycles. The van der Waals surface area contributed by atoms with Gasteiger partial charge in [0.05, 0.1) is 5.56 Å². The summed E-state index contributed by atoms with van der Waals surface area (Å²) in [5, 5.41) is 2.86. The van der Waals surface area contributed by atoms with E-state index in [4.69, 9.17) is 10.5 Å². The highest BCUT2D eigenvalue weighted by Crippen LogP contribution is 2.27. The SMILES string of the molecule is CCCCCc1ccccc1Oc1ccc(CNC(=O)c2cccnc2N)cc1. The summed E-state index contributed by atoms with van der Waals surface area (Å²) in [6, 6.07) is 19.3. The van der Waals surface area contributed by atoms with Crippen molar-refractivity contribution in [3.8, 4) is 11.5 Å². The minimum absolute atomic E-state index is 0.228. The van der Waals surface area contributed by atoms with Gasteiger partial charge in [-0.05, 0) is 54.3 Å². The zero-order valence-corrected chi connectivity index (χ0v) is 16.7. The summed E-state index contributed by atoms with van der Waals surface area (Å²) in [4.78, 5) is 16.2. The Kier molecular flexibility index (Phi) is 7.22. The number of anilines is 1. The van der Waals surface area contributed by atoms with Crippen LogP contribution in [-0.4, -0.2) is 10.9 Å². The number of benzene rings is 2. The van der Waals surface area contributed by atoms with Gasteiger partial charge in [-0.2, -0.15) is 0 Å². The van der Waals surface area contributed by atoms with E-state index >= 15 is 0 Å². The predicted molar refractivity (Wildman–Crippen MR) is 116 cm³/mol. The molecule has 0 bridgehead atoms. The van der Waals surface area contributed by atoms with Crippen molar-refractivity contribution in [3.63, 3.8) is 0 Å². The molecule has 150 valence electrons. The van der Waals surface area contributed by atoms with Crippen molar-refractivity contribution in [2.75, 3.05) is 5.73 Å². The van der Waals surface area contributed by atoms with E-state index < -0.39 is 0 Å². The van der Waals surface area contributed by atoms with Crippen molar-refractivity contribution < 1.29 is 9.53 Å². The van der Waals surface area contributed by atoms with E-state index in [1.165, 1.54) is 18.4 Å². The van der Waals surface area contributed by atoms with Gasteiger partial charge >= 0.3 is 0 Å². The van der Waals surface area contributed by atoms with Gasteiger partial charge < -0.3 is 15.8 Å². The summed E-state index contributed by atoms with van der Waals surface area (Å²) in [7, 11) is 0. The van der Waals surface area contributed by atoms with Gasteiger partial charge in [-0.25, -0.2) is 4.98 Å². The Balaban J connectivity index is 1.58. The largest absolute Gasteiger partial charge is 0.457 e. The minimum atomic E-state index is -0.239. The monoisotopic (exact) mass is 389 g/mol. The fraction of sp³-hybridized carbons (Fsp3) is 0.250. The highest BCUT2D eigenvalue weighted by molar-refractivity contribution is 5.98. The Morgan fingerprint density at radius 1 is 1.03 bits per heavy atom. The number of rotatable bonds is 9. The summed E-state index contributed by atoms with van der Waals surface area (Å²) in [5.41, 5.74) is 8.33. The van der Waals surface area contributed by atoms with Crippen LogP contribution < -0.4 is 15.8 Å². The van der Waals surface area contributed by atoms with E-state index in [0.717, 1.165) is 29.9 Å². The van der Waals surface area contributed by atoms with Crippen LogP contribution in [0.1, 0.15) is 47.7 Å². The van der Waals surface area contributed by atoms with Crippen molar-refractivity contribution in [1.82, 2.24) is 10.3 Å². The molecule has 5 heteroatoms. The van der Waals surface area contributed by atoms with Crippen LogP contribution in [0.25, 0.3) is 0 Å². The average Bonchev–Trinajstić information content (AvgIpc) is 2.75. The lowest BCUT2D eigenvalue weighted by Gasteiger charge is -2.12. The minimum Gasteiger partial charge on any atom is -0.457 e. The number of nitrogen functional groups attached to an aromatic ring is 1. The molecule has 29 heavy (non-hydrogen) atoms. The van der Waals surface area contributed by atoms with Gasteiger partial charge in [0.15, 0.2) is 0 Å². The van der Waals surface area contributed by atoms with Crippen molar-refractivity contribution in [2.45, 2.75) is 39.2 Å². The van der Waals surface area contributed by atoms with Gasteiger partial charge in [-0.1, -0.05) is 50.1 Å². The lowest BCUT2D eigenvalue weighted by Crippen LogP contribution is -2.24. The number of pyridine rings is 1. The number of hydrogen-bond acceptors (Lipinski definition) is 4. The molecule has 0 aliphatic carbocycles. The fourth-order valence-corrected chi connectivity index (χ4v) is 3.06.